The van der Waals surface area contributed by atoms with Crippen molar-refractivity contribution in [2.45, 2.75) is 20.3 Å². The van der Waals surface area contributed by atoms with E-state index in [-0.39, 0.29) is 11.8 Å². The van der Waals surface area contributed by atoms with Crippen LogP contribution in [-0.4, -0.2) is 29.2 Å². The predicted octanol–water partition coefficient (Wildman–Crippen LogP) is 2.24. The summed E-state index contributed by atoms with van der Waals surface area (Å²) in [4.78, 5) is 20.6. The highest BCUT2D eigenvalue weighted by Crippen LogP contribution is 2.15. The molecule has 2 heterocycles. The van der Waals surface area contributed by atoms with Crippen LogP contribution in [0.1, 0.15) is 28.0 Å². The van der Waals surface area contributed by atoms with Crippen molar-refractivity contribution in [1.82, 2.24) is 9.97 Å². The molecule has 6 nitrogen and oxygen atoms in total. The number of aromatic nitrogens is 2. The lowest BCUT2D eigenvalue weighted by molar-refractivity contribution is 0.0519. The molecule has 0 radical (unpaired) electrons. The van der Waals surface area contributed by atoms with E-state index in [0.717, 1.165) is 17.0 Å². The van der Waals surface area contributed by atoms with Crippen LogP contribution < -0.4 is 4.74 Å². The summed E-state index contributed by atoms with van der Waals surface area (Å²) in [7, 11) is 0. The molecule has 0 N–H and O–H groups in total. The summed E-state index contributed by atoms with van der Waals surface area (Å²) < 4.78 is 15.2. The van der Waals surface area contributed by atoms with Crippen molar-refractivity contribution in [2.75, 3.05) is 13.2 Å². The molecule has 0 bridgehead atoms. The van der Waals surface area contributed by atoms with E-state index in [2.05, 4.69) is 9.97 Å². The zero-order valence-corrected chi connectivity index (χ0v) is 11.5. The van der Waals surface area contributed by atoms with Crippen LogP contribution in [0.4, 0.5) is 0 Å². The summed E-state index contributed by atoms with van der Waals surface area (Å²) >= 11 is 1.59. The Labute approximate surface area is 114 Å². The Morgan fingerprint density at radius 1 is 1.53 bits per heavy atom. The molecule has 0 saturated heterocycles. The zero-order chi connectivity index (χ0) is 13.7. The summed E-state index contributed by atoms with van der Waals surface area (Å²) in [6, 6.07) is 0. The lowest BCUT2D eigenvalue weighted by Gasteiger charge is -1.99. The Morgan fingerprint density at radius 3 is 3.05 bits per heavy atom. The van der Waals surface area contributed by atoms with Crippen LogP contribution in [0.3, 0.4) is 0 Å². The fourth-order valence-electron chi connectivity index (χ4n) is 1.42. The third-order valence-electron chi connectivity index (χ3n) is 2.37. The quantitative estimate of drug-likeness (QED) is 0.756. The van der Waals surface area contributed by atoms with Crippen LogP contribution in [0.5, 0.6) is 6.08 Å². The van der Waals surface area contributed by atoms with Crippen LogP contribution in [0.15, 0.2) is 16.2 Å². The smallest absolute Gasteiger partial charge is 0.394 e. The largest absolute Gasteiger partial charge is 0.461 e. The molecule has 0 aliphatic carbocycles. The molecule has 2 aromatic rings. The molecule has 2 rings (SSSR count). The fraction of sp³-hybridized carbons (Fsp3) is 0.417. The molecule has 0 aliphatic heterocycles. The van der Waals surface area contributed by atoms with Gasteiger partial charge in [0.2, 0.25) is 0 Å². The lowest BCUT2D eigenvalue weighted by atomic mass is 10.3. The number of thiazole rings is 1. The minimum absolute atomic E-state index is 0.0743. The molecule has 2 aromatic heterocycles. The van der Waals surface area contributed by atoms with Gasteiger partial charge in [0.15, 0.2) is 5.69 Å². The molecule has 0 saturated carbocycles. The van der Waals surface area contributed by atoms with Crippen LogP contribution in [0.25, 0.3) is 0 Å². The van der Waals surface area contributed by atoms with E-state index in [1.165, 1.54) is 6.26 Å². The highest BCUT2D eigenvalue weighted by Gasteiger charge is 2.14. The van der Waals surface area contributed by atoms with Crippen molar-refractivity contribution in [3.05, 3.63) is 28.0 Å². The average Bonchev–Trinajstić information content (AvgIpc) is 3.00. The molecule has 7 heteroatoms. The number of nitrogens with zero attached hydrogens (tertiary/aromatic N) is 2. The number of oxazole rings is 1. The zero-order valence-electron chi connectivity index (χ0n) is 10.7. The van der Waals surface area contributed by atoms with Crippen LogP contribution in [0.2, 0.25) is 0 Å². The van der Waals surface area contributed by atoms with E-state index in [1.807, 2.05) is 6.92 Å². The maximum absolute atomic E-state index is 11.4. The van der Waals surface area contributed by atoms with Crippen LogP contribution in [0, 0.1) is 6.92 Å². The Bertz CT molecular complexity index is 549. The first-order chi connectivity index (χ1) is 9.20. The topological polar surface area (TPSA) is 74.5 Å². The molecule has 0 aliphatic rings. The Kier molecular flexibility index (Phi) is 4.51. The first-order valence-corrected chi connectivity index (χ1v) is 6.73. The minimum atomic E-state index is -0.514. The number of aryl methyl sites for hydroxylation is 1. The summed E-state index contributed by atoms with van der Waals surface area (Å²) in [5.74, 6) is -0.514. The second kappa shape index (κ2) is 6.33. The summed E-state index contributed by atoms with van der Waals surface area (Å²) in [6.45, 7) is 4.40. The molecule has 0 amide bonds. The van der Waals surface area contributed by atoms with E-state index >= 15 is 0 Å². The molecule has 102 valence electrons. The third kappa shape index (κ3) is 3.54. The van der Waals surface area contributed by atoms with Gasteiger partial charge in [0, 0.05) is 11.3 Å². The molecule has 0 aromatic carbocycles. The monoisotopic (exact) mass is 282 g/mol. The van der Waals surface area contributed by atoms with Gasteiger partial charge >= 0.3 is 12.0 Å². The number of ether oxygens (including phenoxy) is 2. The maximum atomic E-state index is 11.4. The molecule has 0 spiro atoms. The van der Waals surface area contributed by atoms with E-state index in [9.17, 15) is 4.79 Å². The van der Waals surface area contributed by atoms with Gasteiger partial charge in [-0.05, 0) is 13.8 Å². The fourth-order valence-corrected chi connectivity index (χ4v) is 2.18. The molecule has 19 heavy (non-hydrogen) atoms. The van der Waals surface area contributed by atoms with Crippen molar-refractivity contribution in [2.24, 2.45) is 0 Å². The maximum Gasteiger partial charge on any atom is 0.394 e. The van der Waals surface area contributed by atoms with Crippen molar-refractivity contribution in [3.8, 4) is 6.08 Å². The van der Waals surface area contributed by atoms with Gasteiger partial charge in [0.25, 0.3) is 0 Å². The van der Waals surface area contributed by atoms with Crippen molar-refractivity contribution < 1.29 is 18.7 Å². The molecular weight excluding hydrogens is 268 g/mol. The normalized spacial score (nSPS) is 10.4. The van der Waals surface area contributed by atoms with Crippen molar-refractivity contribution >= 4 is 17.3 Å². The van der Waals surface area contributed by atoms with E-state index in [0.29, 0.717) is 13.2 Å². The van der Waals surface area contributed by atoms with Gasteiger partial charge in [-0.2, -0.15) is 4.98 Å². The summed E-state index contributed by atoms with van der Waals surface area (Å²) in [6.07, 6.45) is 2.03. The highest BCUT2D eigenvalue weighted by atomic mass is 32.1. The number of carbonyl (C=O) groups is 1. The van der Waals surface area contributed by atoms with E-state index in [1.54, 1.807) is 23.8 Å². The molecule has 0 atom stereocenters. The van der Waals surface area contributed by atoms with Gasteiger partial charge < -0.3 is 13.9 Å². The SMILES string of the molecule is CCOC(=O)c1coc(OCCc2scnc2C)n1. The van der Waals surface area contributed by atoms with E-state index < -0.39 is 5.97 Å². The Hall–Kier alpha value is -1.89. The Morgan fingerprint density at radius 2 is 2.37 bits per heavy atom. The third-order valence-corrected chi connectivity index (χ3v) is 3.36. The number of carbonyl (C=O) groups excluding carboxylic acids is 1. The van der Waals surface area contributed by atoms with Gasteiger partial charge in [-0.15, -0.1) is 11.3 Å². The number of hydrogen-bond acceptors (Lipinski definition) is 7. The number of hydrogen-bond donors (Lipinski definition) is 0. The number of rotatable bonds is 6. The number of esters is 1. The van der Waals surface area contributed by atoms with Crippen molar-refractivity contribution in [3.63, 3.8) is 0 Å². The highest BCUT2D eigenvalue weighted by molar-refractivity contribution is 7.09. The minimum Gasteiger partial charge on any atom is -0.461 e. The first kappa shape index (κ1) is 13.5. The van der Waals surface area contributed by atoms with Crippen molar-refractivity contribution in [1.29, 1.82) is 0 Å². The van der Waals surface area contributed by atoms with E-state index in [4.69, 9.17) is 13.9 Å². The van der Waals surface area contributed by atoms with Gasteiger partial charge in [0.05, 0.1) is 24.4 Å². The van der Waals surface area contributed by atoms with Crippen LogP contribution in [-0.2, 0) is 11.2 Å². The van der Waals surface area contributed by atoms with Gasteiger partial charge in [-0.1, -0.05) is 0 Å². The second-order valence-corrected chi connectivity index (χ2v) is 4.62. The lowest BCUT2D eigenvalue weighted by Crippen LogP contribution is -2.05. The summed E-state index contributed by atoms with van der Waals surface area (Å²) in [5.41, 5.74) is 2.92. The molecule has 0 fully saturated rings. The van der Waals surface area contributed by atoms with Gasteiger partial charge in [-0.25, -0.2) is 9.78 Å². The summed E-state index contributed by atoms with van der Waals surface area (Å²) in [5, 5.41) is 0. The average molecular weight is 282 g/mol. The second-order valence-electron chi connectivity index (χ2n) is 3.68. The van der Waals surface area contributed by atoms with Gasteiger partial charge in [0.1, 0.15) is 6.26 Å². The first-order valence-electron chi connectivity index (χ1n) is 5.85. The molecular formula is C12H14N2O4S. The van der Waals surface area contributed by atoms with Crippen LogP contribution >= 0.6 is 11.3 Å². The van der Waals surface area contributed by atoms with Gasteiger partial charge in [-0.3, -0.25) is 0 Å². The molecule has 0 unspecified atom stereocenters. The standard InChI is InChI=1S/C12H14N2O4S/c1-3-16-11(15)9-6-18-12(14-9)17-5-4-10-8(2)13-7-19-10/h6-7H,3-5H2,1-2H3. The predicted molar refractivity (Wildman–Crippen MR) is 68.5 cm³/mol. The Balaban J connectivity index is 1.84.